The number of thioether (sulfide) groups is 1. The Hall–Kier alpha value is -1.21. The van der Waals surface area contributed by atoms with E-state index in [2.05, 4.69) is 4.72 Å². The highest BCUT2D eigenvalue weighted by molar-refractivity contribution is 7.99. The van der Waals surface area contributed by atoms with Crippen molar-refractivity contribution in [2.45, 2.75) is 29.6 Å². The molecule has 2 aromatic rings. The highest BCUT2D eigenvalue weighted by Crippen LogP contribution is 2.28. The van der Waals surface area contributed by atoms with Crippen LogP contribution in [0.4, 0.5) is 0 Å². The molecule has 0 aliphatic carbocycles. The second kappa shape index (κ2) is 8.94. The lowest BCUT2D eigenvalue weighted by Crippen LogP contribution is -2.26. The summed E-state index contributed by atoms with van der Waals surface area (Å²) in [5.74, 6) is 1.51. The standard InChI is InChI=1S/C18H22ClNO3S2/c1-13(2)17-12-16(8-9-18(17)23-3)25(21,22)20-10-11-24-15-6-4-14(19)5-7-15/h4-9,12-13,20H,10-11H2,1-3H3. The van der Waals surface area contributed by atoms with Crippen LogP contribution in [0.15, 0.2) is 52.3 Å². The molecule has 7 heteroatoms. The second-order valence-corrected chi connectivity index (χ2v) is 9.13. The predicted molar refractivity (Wildman–Crippen MR) is 104 cm³/mol. The highest BCUT2D eigenvalue weighted by Gasteiger charge is 2.17. The van der Waals surface area contributed by atoms with Gasteiger partial charge in [-0.15, -0.1) is 11.8 Å². The van der Waals surface area contributed by atoms with E-state index in [0.29, 0.717) is 23.1 Å². The van der Waals surface area contributed by atoms with Crippen molar-refractivity contribution < 1.29 is 13.2 Å². The number of sulfonamides is 1. The molecule has 0 saturated carbocycles. The van der Waals surface area contributed by atoms with E-state index in [1.54, 1.807) is 37.1 Å². The van der Waals surface area contributed by atoms with Crippen LogP contribution in [-0.2, 0) is 10.0 Å². The summed E-state index contributed by atoms with van der Waals surface area (Å²) >= 11 is 7.42. The Morgan fingerprint density at radius 2 is 1.84 bits per heavy atom. The lowest BCUT2D eigenvalue weighted by Gasteiger charge is -2.14. The number of methoxy groups -OCH3 is 1. The molecule has 0 aliphatic heterocycles. The van der Waals surface area contributed by atoms with Crippen molar-refractivity contribution in [3.05, 3.63) is 53.1 Å². The molecule has 25 heavy (non-hydrogen) atoms. The largest absolute Gasteiger partial charge is 0.496 e. The van der Waals surface area contributed by atoms with E-state index in [0.717, 1.165) is 10.5 Å². The average Bonchev–Trinajstić information content (AvgIpc) is 2.59. The van der Waals surface area contributed by atoms with Gasteiger partial charge in [0, 0.05) is 22.2 Å². The van der Waals surface area contributed by atoms with Gasteiger partial charge in [0.05, 0.1) is 12.0 Å². The molecular weight excluding hydrogens is 378 g/mol. The Bertz CT molecular complexity index is 806. The normalized spacial score (nSPS) is 11.7. The molecule has 1 N–H and O–H groups in total. The van der Waals surface area contributed by atoms with Crippen LogP contribution in [0.2, 0.25) is 5.02 Å². The molecule has 0 unspecified atom stereocenters. The molecule has 2 aromatic carbocycles. The summed E-state index contributed by atoms with van der Waals surface area (Å²) in [6.45, 7) is 4.35. The number of benzene rings is 2. The van der Waals surface area contributed by atoms with E-state index >= 15 is 0 Å². The van der Waals surface area contributed by atoms with Gasteiger partial charge >= 0.3 is 0 Å². The Morgan fingerprint density at radius 3 is 2.44 bits per heavy atom. The van der Waals surface area contributed by atoms with Crippen LogP contribution in [0.25, 0.3) is 0 Å². The first-order valence-electron chi connectivity index (χ1n) is 7.89. The molecule has 0 heterocycles. The predicted octanol–water partition coefficient (Wildman–Crippen LogP) is 4.54. The SMILES string of the molecule is COc1ccc(S(=O)(=O)NCCSc2ccc(Cl)cc2)cc1C(C)C. The minimum Gasteiger partial charge on any atom is -0.496 e. The quantitative estimate of drug-likeness (QED) is 0.523. The summed E-state index contributed by atoms with van der Waals surface area (Å²) < 4.78 is 32.9. The van der Waals surface area contributed by atoms with Crippen molar-refractivity contribution in [3.63, 3.8) is 0 Å². The van der Waals surface area contributed by atoms with Crippen LogP contribution < -0.4 is 9.46 Å². The lowest BCUT2D eigenvalue weighted by molar-refractivity contribution is 0.407. The van der Waals surface area contributed by atoms with Crippen LogP contribution in [0.3, 0.4) is 0 Å². The first kappa shape index (κ1) is 20.1. The van der Waals surface area contributed by atoms with Gasteiger partial charge in [-0.2, -0.15) is 0 Å². The molecule has 0 atom stereocenters. The fourth-order valence-electron chi connectivity index (χ4n) is 2.29. The van der Waals surface area contributed by atoms with E-state index in [9.17, 15) is 8.42 Å². The summed E-state index contributed by atoms with van der Waals surface area (Å²) in [4.78, 5) is 1.31. The van der Waals surface area contributed by atoms with Crippen LogP contribution in [-0.4, -0.2) is 27.8 Å². The molecule has 4 nitrogen and oxygen atoms in total. The van der Waals surface area contributed by atoms with Crippen LogP contribution in [0, 0.1) is 0 Å². The summed E-state index contributed by atoms with van der Waals surface area (Å²) in [6, 6.07) is 12.4. The third-order valence-electron chi connectivity index (χ3n) is 3.61. The third-order valence-corrected chi connectivity index (χ3v) is 6.33. The summed E-state index contributed by atoms with van der Waals surface area (Å²) in [6.07, 6.45) is 0. The molecular formula is C18H22ClNO3S2. The smallest absolute Gasteiger partial charge is 0.240 e. The zero-order valence-corrected chi connectivity index (χ0v) is 16.8. The van der Waals surface area contributed by atoms with Gasteiger partial charge in [-0.25, -0.2) is 13.1 Å². The topological polar surface area (TPSA) is 55.4 Å². The molecule has 0 aliphatic rings. The molecule has 0 saturated heterocycles. The molecule has 0 amide bonds. The fraction of sp³-hybridized carbons (Fsp3) is 0.333. The minimum absolute atomic E-state index is 0.172. The molecule has 0 spiro atoms. The molecule has 136 valence electrons. The van der Waals surface area contributed by atoms with Crippen molar-refractivity contribution in [1.29, 1.82) is 0 Å². The average molecular weight is 400 g/mol. The van der Waals surface area contributed by atoms with E-state index in [1.807, 2.05) is 38.1 Å². The Labute approximate surface area is 159 Å². The summed E-state index contributed by atoms with van der Waals surface area (Å²) in [5.41, 5.74) is 0.876. The van der Waals surface area contributed by atoms with Crippen molar-refractivity contribution >= 4 is 33.4 Å². The number of halogens is 1. The maximum Gasteiger partial charge on any atom is 0.240 e. The number of ether oxygens (including phenoxy) is 1. The maximum atomic E-state index is 12.5. The van der Waals surface area contributed by atoms with Gasteiger partial charge < -0.3 is 4.74 Å². The van der Waals surface area contributed by atoms with Crippen molar-refractivity contribution in [3.8, 4) is 5.75 Å². The fourth-order valence-corrected chi connectivity index (χ4v) is 4.38. The van der Waals surface area contributed by atoms with Crippen LogP contribution in [0.5, 0.6) is 5.75 Å². The molecule has 0 radical (unpaired) electrons. The lowest BCUT2D eigenvalue weighted by atomic mass is 10.0. The number of hydrogen-bond acceptors (Lipinski definition) is 4. The van der Waals surface area contributed by atoms with Crippen molar-refractivity contribution in [2.75, 3.05) is 19.4 Å². The molecule has 0 bridgehead atoms. The van der Waals surface area contributed by atoms with Gasteiger partial charge in [-0.3, -0.25) is 0 Å². The highest BCUT2D eigenvalue weighted by atomic mass is 35.5. The third kappa shape index (κ3) is 5.64. The Morgan fingerprint density at radius 1 is 1.16 bits per heavy atom. The van der Waals surface area contributed by atoms with E-state index < -0.39 is 10.0 Å². The van der Waals surface area contributed by atoms with Crippen LogP contribution >= 0.6 is 23.4 Å². The van der Waals surface area contributed by atoms with E-state index in [1.165, 1.54) is 0 Å². The van der Waals surface area contributed by atoms with E-state index in [4.69, 9.17) is 16.3 Å². The van der Waals surface area contributed by atoms with E-state index in [-0.39, 0.29) is 10.8 Å². The van der Waals surface area contributed by atoms with Crippen LogP contribution in [0.1, 0.15) is 25.3 Å². The van der Waals surface area contributed by atoms with Crippen molar-refractivity contribution in [2.24, 2.45) is 0 Å². The second-order valence-electron chi connectivity index (χ2n) is 5.76. The Balaban J connectivity index is 1.99. The van der Waals surface area contributed by atoms with Gasteiger partial charge in [0.1, 0.15) is 5.75 Å². The van der Waals surface area contributed by atoms with Crippen molar-refractivity contribution in [1.82, 2.24) is 4.72 Å². The van der Waals surface area contributed by atoms with Gasteiger partial charge in [0.15, 0.2) is 0 Å². The molecule has 0 aromatic heterocycles. The van der Waals surface area contributed by atoms with Gasteiger partial charge in [0.2, 0.25) is 10.0 Å². The maximum absolute atomic E-state index is 12.5. The first-order valence-corrected chi connectivity index (χ1v) is 10.7. The number of rotatable bonds is 8. The van der Waals surface area contributed by atoms with Gasteiger partial charge in [0.25, 0.3) is 0 Å². The zero-order valence-electron chi connectivity index (χ0n) is 14.5. The van der Waals surface area contributed by atoms with Gasteiger partial charge in [-0.05, 0) is 53.9 Å². The molecule has 0 fully saturated rings. The summed E-state index contributed by atoms with van der Waals surface area (Å²) in [5, 5.41) is 0.686. The zero-order chi connectivity index (χ0) is 18.4. The molecule has 2 rings (SSSR count). The number of hydrogen-bond donors (Lipinski definition) is 1. The Kier molecular flexibility index (Phi) is 7.19. The minimum atomic E-state index is -3.54. The first-order chi connectivity index (χ1) is 11.8. The number of nitrogens with one attached hydrogen (secondary N) is 1. The van der Waals surface area contributed by atoms with Gasteiger partial charge in [-0.1, -0.05) is 25.4 Å². The monoisotopic (exact) mass is 399 g/mol. The summed E-state index contributed by atoms with van der Waals surface area (Å²) in [7, 11) is -1.96.